The molecule has 2 aromatic rings. The molecule has 112 valence electrons. The molecule has 5 nitrogen and oxygen atoms in total. The van der Waals surface area contributed by atoms with Gasteiger partial charge in [-0.05, 0) is 24.3 Å². The van der Waals surface area contributed by atoms with Gasteiger partial charge in [0.25, 0.3) is 0 Å². The number of nitrogens with zero attached hydrogens (tertiary/aromatic N) is 2. The zero-order chi connectivity index (χ0) is 15.9. The molecule has 0 amide bonds. The zero-order valence-corrected chi connectivity index (χ0v) is 12.5. The van der Waals surface area contributed by atoms with E-state index in [9.17, 15) is 4.79 Å². The minimum atomic E-state index is -0.0924. The van der Waals surface area contributed by atoms with Crippen molar-refractivity contribution in [2.24, 2.45) is 5.22 Å². The van der Waals surface area contributed by atoms with Crippen molar-refractivity contribution < 1.29 is 4.79 Å². The minimum absolute atomic E-state index is 0.0924. The summed E-state index contributed by atoms with van der Waals surface area (Å²) in [7, 11) is 0. The van der Waals surface area contributed by atoms with Crippen molar-refractivity contribution in [2.45, 2.75) is 12.8 Å². The van der Waals surface area contributed by atoms with Gasteiger partial charge in [0.05, 0.1) is 5.69 Å². The van der Waals surface area contributed by atoms with Gasteiger partial charge >= 0.3 is 0 Å². The molecule has 2 aromatic carbocycles. The number of Topliss-reactive ketones (excluding diaryl/α,β-unsaturated/α-hetero) is 1. The molecule has 0 saturated heterocycles. The van der Waals surface area contributed by atoms with Crippen molar-refractivity contribution >= 4 is 28.9 Å². The molecule has 0 aliphatic heterocycles. The molecular weight excluding hydrogens is 300 g/mol. The highest BCUT2D eigenvalue weighted by atomic mass is 35.5. The Labute approximate surface area is 133 Å². The second-order valence-corrected chi connectivity index (χ2v) is 5.06. The molecule has 0 aromatic heterocycles. The van der Waals surface area contributed by atoms with Gasteiger partial charge in [-0.2, -0.15) is 5.53 Å². The van der Waals surface area contributed by atoms with Crippen molar-refractivity contribution in [2.75, 3.05) is 5.01 Å². The molecule has 0 saturated carbocycles. The van der Waals surface area contributed by atoms with Crippen LogP contribution in [-0.2, 0) is 0 Å². The quantitative estimate of drug-likeness (QED) is 0.266. The molecule has 0 aliphatic carbocycles. The van der Waals surface area contributed by atoms with Crippen LogP contribution >= 0.6 is 11.6 Å². The number of ketones is 1. The molecule has 2 N–H and O–H groups in total. The van der Waals surface area contributed by atoms with Gasteiger partial charge in [-0.15, -0.1) is 0 Å². The van der Waals surface area contributed by atoms with Gasteiger partial charge in [0.15, 0.2) is 5.78 Å². The molecule has 6 heteroatoms. The number of anilines is 1. The first-order valence-electron chi connectivity index (χ1n) is 6.70. The molecular formula is C16H15ClN4O. The number of benzene rings is 2. The average Bonchev–Trinajstić information content (AvgIpc) is 2.54. The lowest BCUT2D eigenvalue weighted by atomic mass is 10.1. The van der Waals surface area contributed by atoms with E-state index < -0.39 is 0 Å². The maximum atomic E-state index is 12.1. The smallest absolute Gasteiger partial charge is 0.163 e. The van der Waals surface area contributed by atoms with Crippen molar-refractivity contribution in [1.29, 1.82) is 10.9 Å². The van der Waals surface area contributed by atoms with E-state index in [4.69, 9.17) is 22.5 Å². The molecule has 0 unspecified atom stereocenters. The Morgan fingerprint density at radius 2 is 1.82 bits per heavy atom. The number of nitrogens with one attached hydrogen (secondary N) is 2. The van der Waals surface area contributed by atoms with Crippen molar-refractivity contribution in [3.05, 3.63) is 65.2 Å². The Kier molecular flexibility index (Phi) is 5.38. The summed E-state index contributed by atoms with van der Waals surface area (Å²) < 4.78 is 0. The van der Waals surface area contributed by atoms with Gasteiger partial charge in [0.1, 0.15) is 5.84 Å². The van der Waals surface area contributed by atoms with Crippen LogP contribution in [0.4, 0.5) is 5.69 Å². The first-order chi connectivity index (χ1) is 10.6. The van der Waals surface area contributed by atoms with Crippen LogP contribution in [0.15, 0.2) is 59.8 Å². The third kappa shape index (κ3) is 3.99. The van der Waals surface area contributed by atoms with Crippen LogP contribution in [0.3, 0.4) is 0 Å². The van der Waals surface area contributed by atoms with Crippen LogP contribution in [0, 0.1) is 10.9 Å². The third-order valence-corrected chi connectivity index (χ3v) is 3.33. The number of carbonyl (C=O) groups excluding carboxylic acids is 1. The summed E-state index contributed by atoms with van der Waals surface area (Å²) in [5.74, 6) is 0.00169. The lowest BCUT2D eigenvalue weighted by molar-refractivity contribution is 0.0984. The number of hydrogen-bond acceptors (Lipinski definition) is 4. The molecule has 0 bridgehead atoms. The summed E-state index contributed by atoms with van der Waals surface area (Å²) >= 11 is 5.86. The lowest BCUT2D eigenvalue weighted by Gasteiger charge is -2.17. The number of carbonyl (C=O) groups is 1. The van der Waals surface area contributed by atoms with Crippen LogP contribution in [0.5, 0.6) is 0 Å². The van der Waals surface area contributed by atoms with E-state index in [-0.39, 0.29) is 24.5 Å². The Morgan fingerprint density at radius 1 is 1.09 bits per heavy atom. The van der Waals surface area contributed by atoms with E-state index in [1.807, 2.05) is 6.07 Å². The van der Waals surface area contributed by atoms with Crippen LogP contribution in [0.25, 0.3) is 0 Å². The van der Waals surface area contributed by atoms with Gasteiger partial charge in [-0.3, -0.25) is 10.2 Å². The summed E-state index contributed by atoms with van der Waals surface area (Å²) in [6, 6.07) is 15.7. The number of halogens is 1. The minimum Gasteiger partial charge on any atom is -0.294 e. The van der Waals surface area contributed by atoms with Crippen LogP contribution in [0.1, 0.15) is 23.2 Å². The Morgan fingerprint density at radius 3 is 2.45 bits per heavy atom. The fourth-order valence-electron chi connectivity index (χ4n) is 1.99. The first-order valence-corrected chi connectivity index (χ1v) is 7.08. The van der Waals surface area contributed by atoms with E-state index in [2.05, 4.69) is 5.22 Å². The number of hydrogen-bond donors (Lipinski definition) is 2. The predicted molar refractivity (Wildman–Crippen MR) is 86.8 cm³/mol. The van der Waals surface area contributed by atoms with Crippen LogP contribution in [0.2, 0.25) is 5.02 Å². The first kappa shape index (κ1) is 15.9. The SMILES string of the molecule is N=NN(C(=N)CCC(=O)c1cccc(Cl)c1)c1ccccc1. The summed E-state index contributed by atoms with van der Waals surface area (Å²) in [6.07, 6.45) is 0.362. The number of para-hydroxylation sites is 1. The maximum absolute atomic E-state index is 12.1. The number of amidine groups is 1. The van der Waals surface area contributed by atoms with E-state index >= 15 is 0 Å². The topological polar surface area (TPSA) is 80.4 Å². The molecule has 0 radical (unpaired) electrons. The molecule has 22 heavy (non-hydrogen) atoms. The van der Waals surface area contributed by atoms with E-state index in [1.165, 1.54) is 5.01 Å². The van der Waals surface area contributed by atoms with Gasteiger partial charge < -0.3 is 0 Å². The highest BCUT2D eigenvalue weighted by molar-refractivity contribution is 6.31. The predicted octanol–water partition coefficient (Wildman–Crippen LogP) is 4.73. The fraction of sp³-hybridized carbons (Fsp3) is 0.125. The van der Waals surface area contributed by atoms with Crippen molar-refractivity contribution in [3.63, 3.8) is 0 Å². The molecule has 0 heterocycles. The Bertz CT molecular complexity index is 688. The molecule has 0 aliphatic rings. The van der Waals surface area contributed by atoms with E-state index in [0.29, 0.717) is 16.3 Å². The zero-order valence-electron chi connectivity index (χ0n) is 11.8. The average molecular weight is 315 g/mol. The summed E-state index contributed by atoms with van der Waals surface area (Å²) in [5.41, 5.74) is 8.36. The molecule has 0 fully saturated rings. The van der Waals surface area contributed by atoms with Crippen molar-refractivity contribution in [1.82, 2.24) is 0 Å². The van der Waals surface area contributed by atoms with E-state index in [0.717, 1.165) is 0 Å². The molecule has 0 atom stereocenters. The van der Waals surface area contributed by atoms with Gasteiger partial charge in [-0.25, -0.2) is 5.01 Å². The summed E-state index contributed by atoms with van der Waals surface area (Å²) in [4.78, 5) is 12.1. The standard InChI is InChI=1S/C16H15ClN4O/c17-13-6-4-5-12(11-13)15(22)9-10-16(18)21(20-19)14-7-2-1-3-8-14/h1-8,11,18-19H,9-10H2. The largest absolute Gasteiger partial charge is 0.294 e. The second kappa shape index (κ2) is 7.47. The van der Waals surface area contributed by atoms with E-state index in [1.54, 1.807) is 48.5 Å². The Balaban J connectivity index is 2.00. The maximum Gasteiger partial charge on any atom is 0.163 e. The third-order valence-electron chi connectivity index (χ3n) is 3.09. The normalized spacial score (nSPS) is 10.0. The van der Waals surface area contributed by atoms with Crippen LogP contribution < -0.4 is 5.01 Å². The van der Waals surface area contributed by atoms with Crippen LogP contribution in [-0.4, -0.2) is 11.6 Å². The second-order valence-electron chi connectivity index (χ2n) is 4.63. The molecule has 2 rings (SSSR count). The van der Waals surface area contributed by atoms with Gasteiger partial charge in [-0.1, -0.05) is 47.2 Å². The summed E-state index contributed by atoms with van der Waals surface area (Å²) in [5, 5.41) is 13.1. The summed E-state index contributed by atoms with van der Waals surface area (Å²) in [6.45, 7) is 0. The van der Waals surface area contributed by atoms with Gasteiger partial charge in [0, 0.05) is 23.4 Å². The molecule has 0 spiro atoms. The Hall–Kier alpha value is -2.53. The van der Waals surface area contributed by atoms with Gasteiger partial charge in [0.2, 0.25) is 0 Å². The number of rotatable bonds is 6. The fourth-order valence-corrected chi connectivity index (χ4v) is 2.18. The highest BCUT2D eigenvalue weighted by Gasteiger charge is 2.14. The monoisotopic (exact) mass is 314 g/mol. The van der Waals surface area contributed by atoms with Crippen molar-refractivity contribution in [3.8, 4) is 0 Å². The lowest BCUT2D eigenvalue weighted by Crippen LogP contribution is -2.24. The highest BCUT2D eigenvalue weighted by Crippen LogP contribution is 2.17.